The van der Waals surface area contributed by atoms with E-state index < -0.39 is 0 Å². The van der Waals surface area contributed by atoms with Gasteiger partial charge in [-0.3, -0.25) is 0 Å². The highest BCUT2D eigenvalue weighted by Gasteiger charge is 2.05. The molecule has 0 rings (SSSR count). The van der Waals surface area contributed by atoms with E-state index in [1.54, 1.807) is 6.20 Å². The molecule has 0 heterocycles. The fourth-order valence-electron chi connectivity index (χ4n) is 0.811. The molecule has 0 aromatic rings. The van der Waals surface area contributed by atoms with Gasteiger partial charge in [-0.25, -0.2) is 0 Å². The summed E-state index contributed by atoms with van der Waals surface area (Å²) in [6.45, 7) is 6.25. The van der Waals surface area contributed by atoms with Crippen LogP contribution in [0.3, 0.4) is 0 Å². The van der Waals surface area contributed by atoms with Crippen LogP contribution in [0.5, 0.6) is 0 Å². The number of hydrogen-bond acceptors (Lipinski definition) is 2. The van der Waals surface area contributed by atoms with Crippen LogP contribution >= 0.6 is 12.2 Å². The van der Waals surface area contributed by atoms with Crippen LogP contribution in [-0.2, 0) is 0 Å². The zero-order chi connectivity index (χ0) is 8.15. The van der Waals surface area contributed by atoms with Gasteiger partial charge in [0.1, 0.15) is 0 Å². The van der Waals surface area contributed by atoms with E-state index in [0.717, 1.165) is 16.9 Å². The fraction of sp³-hybridized carbons (Fsp3) is 0.625. The number of hydrogen-bond donors (Lipinski definition) is 1. The lowest BCUT2D eigenvalue weighted by atomic mass is 10.00. The van der Waals surface area contributed by atoms with Crippen molar-refractivity contribution in [1.82, 2.24) is 0 Å². The zero-order valence-electron chi connectivity index (χ0n) is 6.85. The summed E-state index contributed by atoms with van der Waals surface area (Å²) in [6, 6.07) is 0. The Morgan fingerprint density at radius 1 is 1.60 bits per heavy atom. The van der Waals surface area contributed by atoms with E-state index >= 15 is 0 Å². The van der Waals surface area contributed by atoms with Crippen molar-refractivity contribution in [2.45, 2.75) is 27.2 Å². The Labute approximate surface area is 68.3 Å². The average Bonchev–Trinajstić information content (AvgIpc) is 1.88. The van der Waals surface area contributed by atoms with Crippen LogP contribution in [0.4, 0.5) is 0 Å². The Morgan fingerprint density at radius 2 is 2.10 bits per heavy atom. The molecular weight excluding hydrogens is 142 g/mol. The standard InChI is InChI=1S/C8H15NS/c1-4-8(10)7(5-9)6(2)3/h5-6H,4,9H2,1-3H3/b7-5-. The second kappa shape index (κ2) is 4.45. The lowest BCUT2D eigenvalue weighted by molar-refractivity contribution is 0.799. The average molecular weight is 157 g/mol. The molecule has 2 heteroatoms. The first-order valence-electron chi connectivity index (χ1n) is 3.58. The minimum Gasteiger partial charge on any atom is -0.404 e. The van der Waals surface area contributed by atoms with E-state index in [0.29, 0.717) is 5.92 Å². The minimum atomic E-state index is 0.456. The first kappa shape index (κ1) is 9.63. The highest BCUT2D eigenvalue weighted by molar-refractivity contribution is 7.80. The molecule has 0 radical (unpaired) electrons. The van der Waals surface area contributed by atoms with Gasteiger partial charge in [-0.2, -0.15) is 0 Å². The van der Waals surface area contributed by atoms with Crippen molar-refractivity contribution in [3.8, 4) is 0 Å². The smallest absolute Gasteiger partial charge is 0.0198 e. The molecule has 0 unspecified atom stereocenters. The summed E-state index contributed by atoms with van der Waals surface area (Å²) in [5.41, 5.74) is 6.51. The molecular formula is C8H15NS. The third-order valence-corrected chi connectivity index (χ3v) is 1.97. The maximum absolute atomic E-state index is 5.40. The van der Waals surface area contributed by atoms with Gasteiger partial charge in [-0.1, -0.05) is 33.0 Å². The Kier molecular flexibility index (Phi) is 4.28. The maximum atomic E-state index is 5.40. The Bertz CT molecular complexity index is 147. The fourth-order valence-corrected chi connectivity index (χ4v) is 1.12. The van der Waals surface area contributed by atoms with Gasteiger partial charge in [0.2, 0.25) is 0 Å². The van der Waals surface area contributed by atoms with Gasteiger partial charge in [0, 0.05) is 4.86 Å². The second-order valence-electron chi connectivity index (χ2n) is 2.55. The summed E-state index contributed by atoms with van der Waals surface area (Å²) >= 11 is 5.10. The predicted octanol–water partition coefficient (Wildman–Crippen LogP) is 2.26. The van der Waals surface area contributed by atoms with Crippen LogP contribution < -0.4 is 5.73 Å². The minimum absolute atomic E-state index is 0.456. The molecule has 10 heavy (non-hydrogen) atoms. The first-order chi connectivity index (χ1) is 4.63. The lowest BCUT2D eigenvalue weighted by Gasteiger charge is -2.09. The van der Waals surface area contributed by atoms with E-state index in [9.17, 15) is 0 Å². The zero-order valence-corrected chi connectivity index (χ0v) is 7.66. The summed E-state index contributed by atoms with van der Waals surface area (Å²) in [6.07, 6.45) is 2.53. The Balaban J connectivity index is 4.24. The maximum Gasteiger partial charge on any atom is 0.0198 e. The second-order valence-corrected chi connectivity index (χ2v) is 3.05. The van der Waals surface area contributed by atoms with Gasteiger partial charge in [0.05, 0.1) is 0 Å². The van der Waals surface area contributed by atoms with E-state index in [1.807, 2.05) is 6.92 Å². The van der Waals surface area contributed by atoms with E-state index in [-0.39, 0.29) is 0 Å². The highest BCUT2D eigenvalue weighted by Crippen LogP contribution is 2.12. The predicted molar refractivity (Wildman–Crippen MR) is 50.0 cm³/mol. The van der Waals surface area contributed by atoms with E-state index in [1.165, 1.54) is 0 Å². The number of thiocarbonyl (C=S) groups is 1. The molecule has 0 spiro atoms. The van der Waals surface area contributed by atoms with Gasteiger partial charge in [0.15, 0.2) is 0 Å². The molecule has 0 amide bonds. The molecule has 0 aliphatic carbocycles. The quantitative estimate of drug-likeness (QED) is 0.502. The summed E-state index contributed by atoms with van der Waals surface area (Å²) in [5.74, 6) is 0.456. The molecule has 0 atom stereocenters. The molecule has 0 aliphatic heterocycles. The summed E-state index contributed by atoms with van der Waals surface area (Å²) in [4.78, 5) is 0.984. The van der Waals surface area contributed by atoms with Crippen molar-refractivity contribution in [3.63, 3.8) is 0 Å². The SMILES string of the molecule is CCC(=S)/C(=C\N)C(C)C. The first-order valence-corrected chi connectivity index (χ1v) is 3.99. The Hall–Kier alpha value is -0.370. The largest absolute Gasteiger partial charge is 0.404 e. The normalized spacial score (nSPS) is 12.2. The molecule has 58 valence electrons. The van der Waals surface area contributed by atoms with Crippen LogP contribution in [0.2, 0.25) is 0 Å². The molecule has 1 nitrogen and oxygen atoms in total. The van der Waals surface area contributed by atoms with Crippen LogP contribution in [-0.4, -0.2) is 4.86 Å². The molecule has 2 N–H and O–H groups in total. The van der Waals surface area contributed by atoms with Crippen molar-refractivity contribution >= 4 is 17.1 Å². The summed E-state index contributed by atoms with van der Waals surface area (Å²) in [7, 11) is 0. The summed E-state index contributed by atoms with van der Waals surface area (Å²) in [5, 5.41) is 0. The van der Waals surface area contributed by atoms with Gasteiger partial charge < -0.3 is 5.73 Å². The van der Waals surface area contributed by atoms with Crippen molar-refractivity contribution in [3.05, 3.63) is 11.8 Å². The number of rotatable bonds is 3. The monoisotopic (exact) mass is 157 g/mol. The molecule has 0 saturated heterocycles. The highest BCUT2D eigenvalue weighted by atomic mass is 32.1. The van der Waals surface area contributed by atoms with E-state index in [4.69, 9.17) is 18.0 Å². The molecule has 0 aliphatic rings. The van der Waals surface area contributed by atoms with Crippen LogP contribution in [0.15, 0.2) is 11.8 Å². The van der Waals surface area contributed by atoms with Gasteiger partial charge in [0.25, 0.3) is 0 Å². The molecule has 0 aromatic carbocycles. The van der Waals surface area contributed by atoms with Crippen molar-refractivity contribution < 1.29 is 0 Å². The van der Waals surface area contributed by atoms with Crippen molar-refractivity contribution in [1.29, 1.82) is 0 Å². The van der Waals surface area contributed by atoms with Crippen LogP contribution in [0.1, 0.15) is 27.2 Å². The third-order valence-electron chi connectivity index (χ3n) is 1.44. The van der Waals surface area contributed by atoms with Crippen molar-refractivity contribution in [2.24, 2.45) is 11.7 Å². The van der Waals surface area contributed by atoms with Gasteiger partial charge in [-0.05, 0) is 24.1 Å². The molecule has 0 saturated carbocycles. The van der Waals surface area contributed by atoms with Crippen molar-refractivity contribution in [2.75, 3.05) is 0 Å². The van der Waals surface area contributed by atoms with Crippen LogP contribution in [0.25, 0.3) is 0 Å². The summed E-state index contributed by atoms with van der Waals surface area (Å²) < 4.78 is 0. The van der Waals surface area contributed by atoms with Gasteiger partial charge >= 0.3 is 0 Å². The number of nitrogens with two attached hydrogens (primary N) is 1. The molecule has 0 fully saturated rings. The number of allylic oxidation sites excluding steroid dienone is 1. The lowest BCUT2D eigenvalue weighted by Crippen LogP contribution is -2.07. The van der Waals surface area contributed by atoms with Crippen LogP contribution in [0, 0.1) is 5.92 Å². The van der Waals surface area contributed by atoms with Gasteiger partial charge in [-0.15, -0.1) is 0 Å². The van der Waals surface area contributed by atoms with E-state index in [2.05, 4.69) is 13.8 Å². The Morgan fingerprint density at radius 3 is 2.20 bits per heavy atom. The topological polar surface area (TPSA) is 26.0 Å². The third kappa shape index (κ3) is 2.48. The molecule has 0 bridgehead atoms. The molecule has 0 aromatic heterocycles.